The van der Waals surface area contributed by atoms with Gasteiger partial charge in [0.15, 0.2) is 6.61 Å². The Balaban J connectivity index is 1.68. The fourth-order valence-electron chi connectivity index (χ4n) is 3.24. The molecule has 0 N–H and O–H groups in total. The Morgan fingerprint density at radius 3 is 2.47 bits per heavy atom. The van der Waals surface area contributed by atoms with Crippen LogP contribution in [0, 0.1) is 6.92 Å². The standard InChI is InChI=1S/C21H24F3NO5/c1-14-9-18(29-12-19-11-27-7-8-28-19)10-20(26)25(14)15(2)16-3-5-17(6-4-16)30-13-21(22,23)24/h3-6,9-10,15,19H,7-8,11-13H2,1-2H3. The lowest BCUT2D eigenvalue weighted by molar-refractivity contribution is -0.153. The maximum atomic E-state index is 12.7. The highest BCUT2D eigenvalue weighted by Gasteiger charge is 2.28. The van der Waals surface area contributed by atoms with Crippen molar-refractivity contribution in [2.75, 3.05) is 33.0 Å². The summed E-state index contributed by atoms with van der Waals surface area (Å²) in [6.45, 7) is 4.12. The van der Waals surface area contributed by atoms with Gasteiger partial charge in [-0.2, -0.15) is 13.2 Å². The predicted octanol–water partition coefficient (Wildman–Crippen LogP) is 3.50. The Hall–Kier alpha value is -2.52. The third-order valence-electron chi connectivity index (χ3n) is 4.71. The van der Waals surface area contributed by atoms with Crippen LogP contribution in [0.3, 0.4) is 0 Å². The van der Waals surface area contributed by atoms with E-state index in [1.165, 1.54) is 18.2 Å². The van der Waals surface area contributed by atoms with Gasteiger partial charge in [-0.25, -0.2) is 0 Å². The lowest BCUT2D eigenvalue weighted by Gasteiger charge is -2.23. The van der Waals surface area contributed by atoms with Crippen LogP contribution in [0.25, 0.3) is 0 Å². The van der Waals surface area contributed by atoms with E-state index in [-0.39, 0.29) is 30.1 Å². The van der Waals surface area contributed by atoms with E-state index < -0.39 is 12.8 Å². The van der Waals surface area contributed by atoms with E-state index in [1.54, 1.807) is 29.7 Å². The van der Waals surface area contributed by atoms with Gasteiger partial charge in [-0.05, 0) is 37.6 Å². The summed E-state index contributed by atoms with van der Waals surface area (Å²) in [7, 11) is 0. The van der Waals surface area contributed by atoms with Crippen LogP contribution in [0.1, 0.15) is 24.2 Å². The Kier molecular flexibility index (Phi) is 7.04. The van der Waals surface area contributed by atoms with E-state index in [0.29, 0.717) is 31.3 Å². The first-order valence-corrected chi connectivity index (χ1v) is 9.58. The van der Waals surface area contributed by atoms with Crippen LogP contribution in [0.2, 0.25) is 0 Å². The summed E-state index contributed by atoms with van der Waals surface area (Å²) in [5, 5.41) is 0. The summed E-state index contributed by atoms with van der Waals surface area (Å²) >= 11 is 0. The van der Waals surface area contributed by atoms with Crippen molar-refractivity contribution in [2.24, 2.45) is 0 Å². The molecule has 2 unspecified atom stereocenters. The zero-order valence-corrected chi connectivity index (χ0v) is 16.8. The number of nitrogens with zero attached hydrogens (tertiary/aromatic N) is 1. The molecule has 0 aliphatic carbocycles. The van der Waals surface area contributed by atoms with E-state index in [2.05, 4.69) is 0 Å². The maximum Gasteiger partial charge on any atom is 0.422 e. The van der Waals surface area contributed by atoms with Gasteiger partial charge in [-0.3, -0.25) is 4.79 Å². The van der Waals surface area contributed by atoms with E-state index >= 15 is 0 Å². The van der Waals surface area contributed by atoms with Crippen LogP contribution in [0.5, 0.6) is 11.5 Å². The smallest absolute Gasteiger partial charge is 0.422 e. The molecule has 1 aromatic heterocycles. The van der Waals surface area contributed by atoms with Gasteiger partial charge < -0.3 is 23.5 Å². The molecule has 2 atom stereocenters. The third kappa shape index (κ3) is 5.99. The molecule has 0 radical (unpaired) electrons. The summed E-state index contributed by atoms with van der Waals surface area (Å²) in [6.07, 6.45) is -4.56. The minimum atomic E-state index is -4.39. The van der Waals surface area contributed by atoms with Crippen LogP contribution >= 0.6 is 0 Å². The first-order chi connectivity index (χ1) is 14.2. The van der Waals surface area contributed by atoms with Gasteiger partial charge in [0.1, 0.15) is 24.2 Å². The number of aromatic nitrogens is 1. The van der Waals surface area contributed by atoms with Crippen LogP contribution in [-0.4, -0.2) is 49.9 Å². The van der Waals surface area contributed by atoms with Gasteiger partial charge in [0.2, 0.25) is 0 Å². The lowest BCUT2D eigenvalue weighted by Crippen LogP contribution is -2.33. The molecule has 0 spiro atoms. The Bertz CT molecular complexity index is 889. The summed E-state index contributed by atoms with van der Waals surface area (Å²) < 4.78 is 59.6. The van der Waals surface area contributed by atoms with E-state index in [0.717, 1.165) is 5.56 Å². The van der Waals surface area contributed by atoms with Gasteiger partial charge in [0.05, 0.1) is 25.9 Å². The van der Waals surface area contributed by atoms with Crippen molar-refractivity contribution >= 4 is 0 Å². The molecular weight excluding hydrogens is 403 g/mol. The third-order valence-corrected chi connectivity index (χ3v) is 4.71. The molecule has 1 aromatic carbocycles. The van der Waals surface area contributed by atoms with Crippen molar-refractivity contribution in [2.45, 2.75) is 32.2 Å². The topological polar surface area (TPSA) is 58.9 Å². The SMILES string of the molecule is Cc1cc(OCC2COCCO2)cc(=O)n1C(C)c1ccc(OCC(F)(F)F)cc1. The van der Waals surface area contributed by atoms with Gasteiger partial charge in [-0.15, -0.1) is 0 Å². The molecule has 164 valence electrons. The summed E-state index contributed by atoms with van der Waals surface area (Å²) in [6, 6.07) is 9.07. The van der Waals surface area contributed by atoms with Gasteiger partial charge in [0.25, 0.3) is 5.56 Å². The lowest BCUT2D eigenvalue weighted by atomic mass is 10.1. The number of rotatable bonds is 7. The molecule has 2 aromatic rings. The first kappa shape index (κ1) is 22.2. The Morgan fingerprint density at radius 1 is 1.13 bits per heavy atom. The summed E-state index contributed by atoms with van der Waals surface area (Å²) in [4.78, 5) is 12.7. The Labute approximate surface area is 172 Å². The summed E-state index contributed by atoms with van der Waals surface area (Å²) in [5.41, 5.74) is 1.22. The van der Waals surface area contributed by atoms with Crippen molar-refractivity contribution in [3.8, 4) is 11.5 Å². The zero-order valence-electron chi connectivity index (χ0n) is 16.8. The van der Waals surface area contributed by atoms with Crippen LogP contribution < -0.4 is 15.0 Å². The van der Waals surface area contributed by atoms with E-state index in [9.17, 15) is 18.0 Å². The number of alkyl halides is 3. The van der Waals surface area contributed by atoms with Gasteiger partial charge >= 0.3 is 6.18 Å². The number of aryl methyl sites for hydroxylation is 1. The van der Waals surface area contributed by atoms with Crippen molar-refractivity contribution in [3.05, 3.63) is 58.0 Å². The van der Waals surface area contributed by atoms with E-state index in [1.807, 2.05) is 6.92 Å². The predicted molar refractivity (Wildman–Crippen MR) is 103 cm³/mol. The number of hydrogen-bond donors (Lipinski definition) is 0. The highest BCUT2D eigenvalue weighted by molar-refractivity contribution is 5.31. The average molecular weight is 427 g/mol. The van der Waals surface area contributed by atoms with Crippen LogP contribution in [0.15, 0.2) is 41.2 Å². The molecule has 2 heterocycles. The monoisotopic (exact) mass is 427 g/mol. The second-order valence-electron chi connectivity index (χ2n) is 7.07. The highest BCUT2D eigenvalue weighted by Crippen LogP contribution is 2.24. The second-order valence-corrected chi connectivity index (χ2v) is 7.07. The van der Waals surface area contributed by atoms with Crippen molar-refractivity contribution < 1.29 is 32.1 Å². The molecular formula is C21H24F3NO5. The number of pyridine rings is 1. The maximum absolute atomic E-state index is 12.7. The Morgan fingerprint density at radius 2 is 1.87 bits per heavy atom. The fourth-order valence-corrected chi connectivity index (χ4v) is 3.24. The van der Waals surface area contributed by atoms with Crippen molar-refractivity contribution in [1.82, 2.24) is 4.57 Å². The molecule has 0 bridgehead atoms. The molecule has 9 heteroatoms. The average Bonchev–Trinajstić information content (AvgIpc) is 2.71. The normalized spacial score (nSPS) is 18.1. The van der Waals surface area contributed by atoms with Crippen molar-refractivity contribution in [3.63, 3.8) is 0 Å². The van der Waals surface area contributed by atoms with Crippen LogP contribution in [-0.2, 0) is 9.47 Å². The highest BCUT2D eigenvalue weighted by atomic mass is 19.4. The minimum absolute atomic E-state index is 0.116. The number of hydrogen-bond acceptors (Lipinski definition) is 5. The number of halogens is 3. The quantitative estimate of drug-likeness (QED) is 0.677. The fraction of sp³-hybridized carbons (Fsp3) is 0.476. The number of ether oxygens (including phenoxy) is 4. The van der Waals surface area contributed by atoms with Crippen LogP contribution in [0.4, 0.5) is 13.2 Å². The molecule has 1 aliphatic heterocycles. The first-order valence-electron chi connectivity index (χ1n) is 9.58. The second kappa shape index (κ2) is 9.53. The molecule has 3 rings (SSSR count). The molecule has 0 saturated carbocycles. The molecule has 1 saturated heterocycles. The largest absolute Gasteiger partial charge is 0.491 e. The molecule has 1 aliphatic rings. The molecule has 0 amide bonds. The van der Waals surface area contributed by atoms with Crippen molar-refractivity contribution in [1.29, 1.82) is 0 Å². The zero-order chi connectivity index (χ0) is 21.7. The van der Waals surface area contributed by atoms with Gasteiger partial charge in [-0.1, -0.05) is 12.1 Å². The number of benzene rings is 1. The van der Waals surface area contributed by atoms with Gasteiger partial charge in [0, 0.05) is 11.8 Å². The molecule has 30 heavy (non-hydrogen) atoms. The molecule has 1 fully saturated rings. The summed E-state index contributed by atoms with van der Waals surface area (Å²) in [5.74, 6) is 0.566. The minimum Gasteiger partial charge on any atom is -0.491 e. The molecule has 6 nitrogen and oxygen atoms in total. The van der Waals surface area contributed by atoms with E-state index in [4.69, 9.17) is 18.9 Å².